The van der Waals surface area contributed by atoms with Crippen LogP contribution in [0.4, 0.5) is 4.39 Å². The molecule has 0 saturated heterocycles. The Bertz CT molecular complexity index is 688. The molecule has 3 aromatic rings. The molecule has 0 radical (unpaired) electrons. The van der Waals surface area contributed by atoms with Gasteiger partial charge in [0, 0.05) is 26.1 Å². The van der Waals surface area contributed by atoms with Gasteiger partial charge in [-0.1, -0.05) is 60.7 Å². The Morgan fingerprint density at radius 1 is 0.750 bits per heavy atom. The molecule has 3 rings (SSSR count). The van der Waals surface area contributed by atoms with Crippen molar-refractivity contribution >= 4 is 0 Å². The van der Waals surface area contributed by atoms with Gasteiger partial charge < -0.3 is 0 Å². The maximum Gasteiger partial charge on any atom is 0.159 e. The fraction of sp³-hybridized carbons (Fsp3) is 0.200. The van der Waals surface area contributed by atoms with Crippen LogP contribution in [0.25, 0.3) is 0 Å². The zero-order valence-corrected chi connectivity index (χ0v) is 13.5. The Kier molecular flexibility index (Phi) is 5.64. The molecule has 2 aromatic carbocycles. The number of aromatic nitrogens is 2. The molecule has 1 aromatic heterocycles. The predicted molar refractivity (Wildman–Crippen MR) is 92.7 cm³/mol. The maximum atomic E-state index is 12.9. The normalized spacial score (nSPS) is 10.9. The SMILES string of the molecule is Fc1cnc(CCN(Cc2ccccc2)Cc2ccccc2)nc1. The Labute approximate surface area is 141 Å². The fourth-order valence-electron chi connectivity index (χ4n) is 2.62. The third kappa shape index (κ3) is 4.96. The van der Waals surface area contributed by atoms with Crippen LogP contribution >= 0.6 is 0 Å². The molecule has 0 aliphatic heterocycles. The summed E-state index contributed by atoms with van der Waals surface area (Å²) in [5.41, 5.74) is 2.54. The quantitative estimate of drug-likeness (QED) is 0.662. The lowest BCUT2D eigenvalue weighted by Gasteiger charge is -2.22. The van der Waals surface area contributed by atoms with Crippen LogP contribution in [0.5, 0.6) is 0 Å². The molecular formula is C20H20FN3. The van der Waals surface area contributed by atoms with Gasteiger partial charge in [0.15, 0.2) is 5.82 Å². The van der Waals surface area contributed by atoms with Crippen LogP contribution in [-0.4, -0.2) is 21.4 Å². The van der Waals surface area contributed by atoms with Crippen LogP contribution in [-0.2, 0) is 19.5 Å². The Hall–Kier alpha value is -2.59. The third-order valence-electron chi connectivity index (χ3n) is 3.82. The predicted octanol–water partition coefficient (Wildman–Crippen LogP) is 3.86. The molecule has 0 aliphatic carbocycles. The molecular weight excluding hydrogens is 301 g/mol. The van der Waals surface area contributed by atoms with E-state index >= 15 is 0 Å². The van der Waals surface area contributed by atoms with Crippen LogP contribution in [0, 0.1) is 5.82 Å². The van der Waals surface area contributed by atoms with Crippen molar-refractivity contribution in [2.45, 2.75) is 19.5 Å². The van der Waals surface area contributed by atoms with Crippen molar-refractivity contribution in [3.8, 4) is 0 Å². The minimum absolute atomic E-state index is 0.399. The zero-order chi connectivity index (χ0) is 16.6. The van der Waals surface area contributed by atoms with Crippen molar-refractivity contribution in [2.24, 2.45) is 0 Å². The second-order valence-electron chi connectivity index (χ2n) is 5.75. The van der Waals surface area contributed by atoms with Gasteiger partial charge in [-0.15, -0.1) is 0 Å². The molecule has 0 bridgehead atoms. The largest absolute Gasteiger partial charge is 0.294 e. The summed E-state index contributed by atoms with van der Waals surface area (Å²) < 4.78 is 12.9. The summed E-state index contributed by atoms with van der Waals surface area (Å²) >= 11 is 0. The van der Waals surface area contributed by atoms with E-state index in [4.69, 9.17) is 0 Å². The molecule has 0 atom stereocenters. The van der Waals surface area contributed by atoms with E-state index in [0.717, 1.165) is 19.6 Å². The summed E-state index contributed by atoms with van der Waals surface area (Å²) in [6.07, 6.45) is 3.14. The summed E-state index contributed by atoms with van der Waals surface area (Å²) in [6, 6.07) is 20.8. The summed E-state index contributed by atoms with van der Waals surface area (Å²) in [5.74, 6) is 0.270. The first-order valence-electron chi connectivity index (χ1n) is 8.06. The lowest BCUT2D eigenvalue weighted by atomic mass is 10.1. The fourth-order valence-corrected chi connectivity index (χ4v) is 2.62. The molecule has 24 heavy (non-hydrogen) atoms. The molecule has 0 spiro atoms. The second-order valence-corrected chi connectivity index (χ2v) is 5.75. The molecule has 0 unspecified atom stereocenters. The highest BCUT2D eigenvalue weighted by atomic mass is 19.1. The molecule has 0 fully saturated rings. The van der Waals surface area contributed by atoms with Gasteiger partial charge >= 0.3 is 0 Å². The highest BCUT2D eigenvalue weighted by molar-refractivity contribution is 5.17. The molecule has 4 heteroatoms. The second kappa shape index (κ2) is 8.31. The summed E-state index contributed by atoms with van der Waals surface area (Å²) in [5, 5.41) is 0. The number of hydrogen-bond acceptors (Lipinski definition) is 3. The van der Waals surface area contributed by atoms with E-state index < -0.39 is 5.82 Å². The van der Waals surface area contributed by atoms with Gasteiger partial charge in [-0.3, -0.25) is 4.90 Å². The van der Waals surface area contributed by atoms with Gasteiger partial charge in [0.05, 0.1) is 12.4 Å². The maximum absolute atomic E-state index is 12.9. The van der Waals surface area contributed by atoms with E-state index in [2.05, 4.69) is 63.4 Å². The van der Waals surface area contributed by atoms with Crippen LogP contribution < -0.4 is 0 Å². The molecule has 3 nitrogen and oxygen atoms in total. The Balaban J connectivity index is 1.67. The number of rotatable bonds is 7. The van der Waals surface area contributed by atoms with E-state index in [1.165, 1.54) is 23.5 Å². The monoisotopic (exact) mass is 321 g/mol. The highest BCUT2D eigenvalue weighted by Gasteiger charge is 2.09. The number of halogens is 1. The van der Waals surface area contributed by atoms with Gasteiger partial charge in [-0.2, -0.15) is 0 Å². The van der Waals surface area contributed by atoms with Crippen LogP contribution in [0.3, 0.4) is 0 Å². The molecule has 122 valence electrons. The van der Waals surface area contributed by atoms with E-state index in [9.17, 15) is 4.39 Å². The van der Waals surface area contributed by atoms with Crippen LogP contribution in [0.2, 0.25) is 0 Å². The topological polar surface area (TPSA) is 29.0 Å². The molecule has 0 amide bonds. The summed E-state index contributed by atoms with van der Waals surface area (Å²) in [6.45, 7) is 2.53. The van der Waals surface area contributed by atoms with Crippen molar-refractivity contribution in [3.63, 3.8) is 0 Å². The van der Waals surface area contributed by atoms with E-state index in [0.29, 0.717) is 12.2 Å². The lowest BCUT2D eigenvalue weighted by Crippen LogP contribution is -2.25. The van der Waals surface area contributed by atoms with Crippen molar-refractivity contribution < 1.29 is 4.39 Å². The van der Waals surface area contributed by atoms with Gasteiger partial charge in [0.2, 0.25) is 0 Å². The van der Waals surface area contributed by atoms with Crippen molar-refractivity contribution in [1.82, 2.24) is 14.9 Å². The third-order valence-corrected chi connectivity index (χ3v) is 3.82. The van der Waals surface area contributed by atoms with Crippen molar-refractivity contribution in [3.05, 3.63) is 95.8 Å². The van der Waals surface area contributed by atoms with Crippen LogP contribution in [0.15, 0.2) is 73.1 Å². The van der Waals surface area contributed by atoms with Gasteiger partial charge in [0.1, 0.15) is 5.82 Å². The van der Waals surface area contributed by atoms with Gasteiger partial charge in [-0.05, 0) is 11.1 Å². The molecule has 1 heterocycles. The van der Waals surface area contributed by atoms with E-state index in [1.54, 1.807) is 0 Å². The zero-order valence-electron chi connectivity index (χ0n) is 13.5. The highest BCUT2D eigenvalue weighted by Crippen LogP contribution is 2.10. The first-order chi connectivity index (χ1) is 11.8. The smallest absolute Gasteiger partial charge is 0.159 e. The first kappa shape index (κ1) is 16.3. The molecule has 0 aliphatic rings. The molecule has 0 N–H and O–H groups in total. The summed E-state index contributed by atoms with van der Waals surface area (Å²) in [4.78, 5) is 10.5. The van der Waals surface area contributed by atoms with E-state index in [1.807, 2.05) is 12.1 Å². The average Bonchev–Trinajstić information content (AvgIpc) is 2.63. The standard InChI is InChI=1S/C20H20FN3/c21-19-13-22-20(23-14-19)11-12-24(15-17-7-3-1-4-8-17)16-18-9-5-2-6-10-18/h1-10,13-14H,11-12,15-16H2. The number of benzene rings is 2. The first-order valence-corrected chi connectivity index (χ1v) is 8.06. The van der Waals surface area contributed by atoms with E-state index in [-0.39, 0.29) is 0 Å². The van der Waals surface area contributed by atoms with Gasteiger partial charge in [0.25, 0.3) is 0 Å². The Morgan fingerprint density at radius 3 is 1.75 bits per heavy atom. The summed E-state index contributed by atoms with van der Waals surface area (Å²) in [7, 11) is 0. The van der Waals surface area contributed by atoms with Crippen molar-refractivity contribution in [1.29, 1.82) is 0 Å². The Morgan fingerprint density at radius 2 is 1.25 bits per heavy atom. The minimum Gasteiger partial charge on any atom is -0.294 e. The van der Waals surface area contributed by atoms with Crippen molar-refractivity contribution in [2.75, 3.05) is 6.54 Å². The van der Waals surface area contributed by atoms with Gasteiger partial charge in [-0.25, -0.2) is 14.4 Å². The number of hydrogen-bond donors (Lipinski definition) is 0. The minimum atomic E-state index is -0.399. The van der Waals surface area contributed by atoms with Crippen LogP contribution in [0.1, 0.15) is 17.0 Å². The average molecular weight is 321 g/mol. The molecule has 0 saturated carbocycles. The number of nitrogens with zero attached hydrogens (tertiary/aromatic N) is 3. The lowest BCUT2D eigenvalue weighted by molar-refractivity contribution is 0.258.